The van der Waals surface area contributed by atoms with Crippen molar-refractivity contribution in [3.8, 4) is 0 Å². The van der Waals surface area contributed by atoms with Crippen molar-refractivity contribution < 1.29 is 4.79 Å². The first-order valence-corrected chi connectivity index (χ1v) is 7.09. The highest BCUT2D eigenvalue weighted by atomic mass is 16.1. The van der Waals surface area contributed by atoms with Crippen LogP contribution in [0.2, 0.25) is 0 Å². The minimum absolute atomic E-state index is 0.128. The second-order valence-corrected chi connectivity index (χ2v) is 5.17. The van der Waals surface area contributed by atoms with Crippen LogP contribution < -0.4 is 10.6 Å². The van der Waals surface area contributed by atoms with Crippen LogP contribution in [0, 0.1) is 13.8 Å². The average molecular weight is 262 g/mol. The molecule has 1 unspecified atom stereocenters. The molecule has 106 valence electrons. The lowest BCUT2D eigenvalue weighted by atomic mass is 10.0. The quantitative estimate of drug-likeness (QED) is 0.742. The van der Waals surface area contributed by atoms with Crippen LogP contribution in [0.1, 0.15) is 43.4 Å². The van der Waals surface area contributed by atoms with Crippen LogP contribution in [0.4, 0.5) is 0 Å². The first-order chi connectivity index (χ1) is 9.04. The minimum atomic E-state index is 0.128. The standard InChI is InChI=1S/C16H26N2O/c1-5-14(4)18-16(19)9-10-17-11-15-12(2)7-6-8-13(15)3/h6-8,14,17H,5,9-11H2,1-4H3,(H,18,19). The van der Waals surface area contributed by atoms with Gasteiger partial charge in [-0.2, -0.15) is 0 Å². The van der Waals surface area contributed by atoms with Crippen molar-refractivity contribution in [2.24, 2.45) is 0 Å². The molecular formula is C16H26N2O. The van der Waals surface area contributed by atoms with E-state index in [2.05, 4.69) is 49.6 Å². The van der Waals surface area contributed by atoms with E-state index in [1.165, 1.54) is 16.7 Å². The summed E-state index contributed by atoms with van der Waals surface area (Å²) in [5, 5.41) is 6.32. The van der Waals surface area contributed by atoms with Crippen molar-refractivity contribution in [1.29, 1.82) is 0 Å². The smallest absolute Gasteiger partial charge is 0.221 e. The molecule has 19 heavy (non-hydrogen) atoms. The molecule has 0 saturated carbocycles. The number of nitrogens with one attached hydrogen (secondary N) is 2. The first-order valence-electron chi connectivity index (χ1n) is 7.09. The highest BCUT2D eigenvalue weighted by molar-refractivity contribution is 5.76. The molecule has 0 spiro atoms. The molecule has 0 radical (unpaired) electrons. The van der Waals surface area contributed by atoms with Gasteiger partial charge in [0.25, 0.3) is 0 Å². The molecule has 1 amide bonds. The van der Waals surface area contributed by atoms with Crippen molar-refractivity contribution in [2.75, 3.05) is 6.54 Å². The van der Waals surface area contributed by atoms with Gasteiger partial charge in [-0.3, -0.25) is 4.79 Å². The van der Waals surface area contributed by atoms with E-state index < -0.39 is 0 Å². The van der Waals surface area contributed by atoms with Gasteiger partial charge in [0.1, 0.15) is 0 Å². The van der Waals surface area contributed by atoms with Gasteiger partial charge in [0.15, 0.2) is 0 Å². The highest BCUT2D eigenvalue weighted by Crippen LogP contribution is 2.12. The summed E-state index contributed by atoms with van der Waals surface area (Å²) < 4.78 is 0. The molecule has 0 saturated heterocycles. The fourth-order valence-electron chi connectivity index (χ4n) is 1.99. The van der Waals surface area contributed by atoms with E-state index in [0.717, 1.165) is 19.5 Å². The van der Waals surface area contributed by atoms with Gasteiger partial charge in [0.05, 0.1) is 0 Å². The zero-order chi connectivity index (χ0) is 14.3. The van der Waals surface area contributed by atoms with Crippen LogP contribution in [0.25, 0.3) is 0 Å². The molecule has 0 aromatic heterocycles. The third-order valence-electron chi connectivity index (χ3n) is 3.49. The van der Waals surface area contributed by atoms with Gasteiger partial charge in [0.2, 0.25) is 5.91 Å². The Hall–Kier alpha value is -1.35. The van der Waals surface area contributed by atoms with Gasteiger partial charge in [-0.25, -0.2) is 0 Å². The van der Waals surface area contributed by atoms with Crippen LogP contribution in [-0.4, -0.2) is 18.5 Å². The van der Waals surface area contributed by atoms with E-state index in [9.17, 15) is 4.79 Å². The van der Waals surface area contributed by atoms with E-state index in [4.69, 9.17) is 0 Å². The van der Waals surface area contributed by atoms with Gasteiger partial charge in [-0.1, -0.05) is 25.1 Å². The molecule has 0 aliphatic heterocycles. The molecule has 2 N–H and O–H groups in total. The molecule has 1 rings (SSSR count). The lowest BCUT2D eigenvalue weighted by molar-refractivity contribution is -0.121. The van der Waals surface area contributed by atoms with Crippen molar-refractivity contribution in [2.45, 2.75) is 53.1 Å². The third-order valence-corrected chi connectivity index (χ3v) is 3.49. The lowest BCUT2D eigenvalue weighted by Crippen LogP contribution is -2.34. The topological polar surface area (TPSA) is 41.1 Å². The average Bonchev–Trinajstić information content (AvgIpc) is 2.37. The number of amides is 1. The molecule has 0 fully saturated rings. The molecule has 0 bridgehead atoms. The number of aryl methyl sites for hydroxylation is 2. The summed E-state index contributed by atoms with van der Waals surface area (Å²) in [4.78, 5) is 11.6. The maximum absolute atomic E-state index is 11.6. The predicted molar refractivity (Wildman–Crippen MR) is 80.1 cm³/mol. The Bertz CT molecular complexity index is 395. The maximum atomic E-state index is 11.6. The molecule has 1 aromatic carbocycles. The highest BCUT2D eigenvalue weighted by Gasteiger charge is 2.05. The summed E-state index contributed by atoms with van der Waals surface area (Å²) in [5.41, 5.74) is 3.94. The van der Waals surface area contributed by atoms with Crippen molar-refractivity contribution in [3.05, 3.63) is 34.9 Å². The van der Waals surface area contributed by atoms with Gasteiger partial charge in [0, 0.05) is 25.6 Å². The molecule has 0 heterocycles. The van der Waals surface area contributed by atoms with Gasteiger partial charge >= 0.3 is 0 Å². The molecule has 0 aliphatic rings. The third kappa shape index (κ3) is 5.43. The molecular weight excluding hydrogens is 236 g/mol. The van der Waals surface area contributed by atoms with Crippen LogP contribution in [0.3, 0.4) is 0 Å². The Labute approximate surface area is 116 Å². The van der Waals surface area contributed by atoms with Crippen LogP contribution >= 0.6 is 0 Å². The number of carbonyl (C=O) groups is 1. The minimum Gasteiger partial charge on any atom is -0.354 e. The molecule has 0 aliphatic carbocycles. The summed E-state index contributed by atoms with van der Waals surface area (Å²) in [5.74, 6) is 0.128. The van der Waals surface area contributed by atoms with E-state index in [1.807, 2.05) is 6.92 Å². The predicted octanol–water partition coefficient (Wildman–Crippen LogP) is 2.70. The van der Waals surface area contributed by atoms with E-state index in [-0.39, 0.29) is 11.9 Å². The Morgan fingerprint density at radius 3 is 2.47 bits per heavy atom. The summed E-state index contributed by atoms with van der Waals surface area (Å²) in [6.45, 7) is 9.90. The van der Waals surface area contributed by atoms with E-state index in [0.29, 0.717) is 6.42 Å². The molecule has 3 nitrogen and oxygen atoms in total. The normalized spacial score (nSPS) is 12.2. The lowest BCUT2D eigenvalue weighted by Gasteiger charge is -2.13. The number of rotatable bonds is 7. The number of carbonyl (C=O) groups excluding carboxylic acids is 1. The van der Waals surface area contributed by atoms with Crippen molar-refractivity contribution >= 4 is 5.91 Å². The van der Waals surface area contributed by atoms with Crippen LogP contribution in [-0.2, 0) is 11.3 Å². The molecule has 3 heteroatoms. The van der Waals surface area contributed by atoms with Crippen molar-refractivity contribution in [1.82, 2.24) is 10.6 Å². The maximum Gasteiger partial charge on any atom is 0.221 e. The number of hydrogen-bond donors (Lipinski definition) is 2. The number of hydrogen-bond acceptors (Lipinski definition) is 2. The Kier molecular flexibility index (Phi) is 6.57. The summed E-state index contributed by atoms with van der Waals surface area (Å²) >= 11 is 0. The van der Waals surface area contributed by atoms with E-state index >= 15 is 0 Å². The van der Waals surface area contributed by atoms with E-state index in [1.54, 1.807) is 0 Å². The van der Waals surface area contributed by atoms with Gasteiger partial charge < -0.3 is 10.6 Å². The summed E-state index contributed by atoms with van der Waals surface area (Å²) in [6, 6.07) is 6.60. The van der Waals surface area contributed by atoms with Crippen LogP contribution in [0.5, 0.6) is 0 Å². The largest absolute Gasteiger partial charge is 0.354 e. The molecule has 1 atom stereocenters. The SMILES string of the molecule is CCC(C)NC(=O)CCNCc1c(C)cccc1C. The summed E-state index contributed by atoms with van der Waals surface area (Å²) in [6.07, 6.45) is 1.51. The van der Waals surface area contributed by atoms with Crippen LogP contribution in [0.15, 0.2) is 18.2 Å². The second-order valence-electron chi connectivity index (χ2n) is 5.17. The Morgan fingerprint density at radius 1 is 1.26 bits per heavy atom. The zero-order valence-corrected chi connectivity index (χ0v) is 12.5. The fraction of sp³-hybridized carbons (Fsp3) is 0.562. The molecule has 1 aromatic rings. The number of benzene rings is 1. The van der Waals surface area contributed by atoms with Gasteiger partial charge in [-0.15, -0.1) is 0 Å². The summed E-state index contributed by atoms with van der Waals surface area (Å²) in [7, 11) is 0. The monoisotopic (exact) mass is 262 g/mol. The fourth-order valence-corrected chi connectivity index (χ4v) is 1.99. The van der Waals surface area contributed by atoms with Gasteiger partial charge in [-0.05, 0) is 43.9 Å². The zero-order valence-electron chi connectivity index (χ0n) is 12.5. The van der Waals surface area contributed by atoms with Crippen molar-refractivity contribution in [3.63, 3.8) is 0 Å². The second kappa shape index (κ2) is 7.95. The Morgan fingerprint density at radius 2 is 1.89 bits per heavy atom. The first kappa shape index (κ1) is 15.7. The Balaban J connectivity index is 2.29.